The van der Waals surface area contributed by atoms with Gasteiger partial charge in [0, 0.05) is 6.54 Å². The average molecular weight is 266 g/mol. The summed E-state index contributed by atoms with van der Waals surface area (Å²) in [6, 6.07) is 8.42. The number of hydrogen-bond acceptors (Lipinski definition) is 6. The highest BCUT2D eigenvalue weighted by molar-refractivity contribution is 5.32. The van der Waals surface area contributed by atoms with E-state index < -0.39 is 31.5 Å². The van der Waals surface area contributed by atoms with Gasteiger partial charge in [-0.3, -0.25) is 0 Å². The van der Waals surface area contributed by atoms with Crippen LogP contribution >= 0.6 is 0 Å². The first-order chi connectivity index (χ1) is 9.10. The molecule has 1 rings (SSSR count). The highest BCUT2D eigenvalue weighted by atomic mass is 16.3. The van der Waals surface area contributed by atoms with Crippen molar-refractivity contribution in [2.24, 2.45) is 0 Å². The Bertz CT molecular complexity index is 415. The molecule has 19 heavy (non-hydrogen) atoms. The van der Waals surface area contributed by atoms with Crippen molar-refractivity contribution in [3.05, 3.63) is 35.4 Å². The maximum Gasteiger partial charge on any atom is 0.0991 e. The van der Waals surface area contributed by atoms with Crippen LogP contribution in [0.25, 0.3) is 0 Å². The number of aliphatic hydroxyl groups excluding tert-OH is 4. The highest BCUT2D eigenvalue weighted by Gasteiger charge is 2.28. The zero-order chi connectivity index (χ0) is 14.3. The van der Waals surface area contributed by atoms with Crippen LogP contribution in [0, 0.1) is 11.3 Å². The van der Waals surface area contributed by atoms with E-state index in [0.29, 0.717) is 11.1 Å². The largest absolute Gasteiger partial charge is 0.394 e. The first kappa shape index (κ1) is 15.6. The summed E-state index contributed by atoms with van der Waals surface area (Å²) in [5, 5.41) is 48.7. The minimum absolute atomic E-state index is 0.0631. The summed E-state index contributed by atoms with van der Waals surface area (Å²) in [7, 11) is 0. The first-order valence-corrected chi connectivity index (χ1v) is 5.86. The fourth-order valence-electron chi connectivity index (χ4n) is 1.53. The Morgan fingerprint density at radius 2 is 1.63 bits per heavy atom. The van der Waals surface area contributed by atoms with Crippen molar-refractivity contribution in [1.29, 1.82) is 5.26 Å². The second-order valence-corrected chi connectivity index (χ2v) is 4.39. The molecule has 0 aliphatic rings. The number of benzene rings is 1. The van der Waals surface area contributed by atoms with Crippen LogP contribution in [0.5, 0.6) is 0 Å². The van der Waals surface area contributed by atoms with E-state index in [2.05, 4.69) is 5.32 Å². The van der Waals surface area contributed by atoms with Crippen molar-refractivity contribution in [1.82, 2.24) is 5.32 Å². The predicted octanol–water partition coefficient (Wildman–Crippen LogP) is -1.10. The normalized spacial score (nSPS) is 13.0. The molecule has 0 saturated heterocycles. The van der Waals surface area contributed by atoms with Gasteiger partial charge >= 0.3 is 0 Å². The molecular formula is C13H18N2O4. The smallest absolute Gasteiger partial charge is 0.0991 e. The summed E-state index contributed by atoms with van der Waals surface area (Å²) in [4.78, 5) is 0. The lowest BCUT2D eigenvalue weighted by molar-refractivity contribution is 0.0322. The molecule has 0 aromatic heterocycles. The summed E-state index contributed by atoms with van der Waals surface area (Å²) >= 11 is 0. The van der Waals surface area contributed by atoms with Crippen LogP contribution < -0.4 is 5.32 Å². The maximum absolute atomic E-state index is 9.94. The Morgan fingerprint density at radius 3 is 2.05 bits per heavy atom. The van der Waals surface area contributed by atoms with Crippen molar-refractivity contribution < 1.29 is 20.4 Å². The fraction of sp³-hybridized carbons (Fsp3) is 0.462. The van der Waals surface area contributed by atoms with Gasteiger partial charge in [0.15, 0.2) is 0 Å². The van der Waals surface area contributed by atoms with Gasteiger partial charge in [-0.25, -0.2) is 0 Å². The minimum Gasteiger partial charge on any atom is -0.394 e. The van der Waals surface area contributed by atoms with Gasteiger partial charge in [0.25, 0.3) is 0 Å². The van der Waals surface area contributed by atoms with Crippen LogP contribution in [-0.4, -0.2) is 52.3 Å². The van der Waals surface area contributed by atoms with E-state index >= 15 is 0 Å². The van der Waals surface area contributed by atoms with Crippen molar-refractivity contribution >= 4 is 0 Å². The monoisotopic (exact) mass is 266 g/mol. The third kappa shape index (κ3) is 3.99. The quantitative estimate of drug-likeness (QED) is 0.427. The summed E-state index contributed by atoms with van der Waals surface area (Å²) in [6.07, 6.45) is -0.864. The van der Waals surface area contributed by atoms with Gasteiger partial charge in [0.2, 0.25) is 0 Å². The average Bonchev–Trinajstić information content (AvgIpc) is 2.49. The van der Waals surface area contributed by atoms with E-state index in [1.165, 1.54) is 0 Å². The topological polar surface area (TPSA) is 117 Å². The zero-order valence-corrected chi connectivity index (χ0v) is 10.5. The molecule has 1 unspecified atom stereocenters. The van der Waals surface area contributed by atoms with Gasteiger partial charge in [0.1, 0.15) is 0 Å². The van der Waals surface area contributed by atoms with Crippen molar-refractivity contribution in [2.75, 3.05) is 26.4 Å². The number of rotatable bonds is 7. The molecule has 6 nitrogen and oxygen atoms in total. The third-order valence-corrected chi connectivity index (χ3v) is 3.00. The molecule has 0 amide bonds. The number of nitriles is 1. The Labute approximate surface area is 111 Å². The molecule has 1 atom stereocenters. The lowest BCUT2D eigenvalue weighted by Crippen LogP contribution is -2.55. The molecular weight excluding hydrogens is 248 g/mol. The Morgan fingerprint density at radius 1 is 1.11 bits per heavy atom. The number of nitrogens with one attached hydrogen (secondary N) is 1. The molecule has 0 spiro atoms. The molecule has 1 aromatic carbocycles. The van der Waals surface area contributed by atoms with Crippen molar-refractivity contribution in [2.45, 2.75) is 11.6 Å². The number of β-amino-alcohol motifs (C(OH)–C–C–N with tert-alkyl or cyclic N) is 1. The SMILES string of the molecule is N#Cc1ccc(C(O)CNC(CO)(CO)CO)cc1. The van der Waals surface area contributed by atoms with Crippen LogP contribution in [0.3, 0.4) is 0 Å². The molecule has 0 saturated carbocycles. The van der Waals surface area contributed by atoms with Gasteiger partial charge < -0.3 is 25.7 Å². The third-order valence-electron chi connectivity index (χ3n) is 3.00. The minimum atomic E-state index is -1.21. The molecule has 0 bridgehead atoms. The first-order valence-electron chi connectivity index (χ1n) is 5.86. The number of nitrogens with zero attached hydrogens (tertiary/aromatic N) is 1. The molecule has 0 aliphatic heterocycles. The summed E-state index contributed by atoms with van der Waals surface area (Å²) in [5.41, 5.74) is -0.110. The molecule has 6 heteroatoms. The lowest BCUT2D eigenvalue weighted by Gasteiger charge is -2.30. The molecule has 0 aliphatic carbocycles. The predicted molar refractivity (Wildman–Crippen MR) is 68.1 cm³/mol. The second-order valence-electron chi connectivity index (χ2n) is 4.39. The maximum atomic E-state index is 9.94. The van der Waals surface area contributed by atoms with Gasteiger partial charge in [-0.1, -0.05) is 12.1 Å². The summed E-state index contributed by atoms with van der Waals surface area (Å²) < 4.78 is 0. The summed E-state index contributed by atoms with van der Waals surface area (Å²) in [5.74, 6) is 0. The van der Waals surface area contributed by atoms with Crippen LogP contribution in [0.2, 0.25) is 0 Å². The lowest BCUT2D eigenvalue weighted by atomic mass is 10.0. The van der Waals surface area contributed by atoms with Gasteiger partial charge in [-0.15, -0.1) is 0 Å². The van der Waals surface area contributed by atoms with E-state index in [4.69, 9.17) is 20.6 Å². The van der Waals surface area contributed by atoms with Crippen LogP contribution in [-0.2, 0) is 0 Å². The number of aliphatic hydroxyl groups is 4. The van der Waals surface area contributed by atoms with Gasteiger partial charge in [0.05, 0.1) is 43.1 Å². The molecule has 1 aromatic rings. The Hall–Kier alpha value is -1.49. The Kier molecular flexibility index (Phi) is 5.89. The van der Waals surface area contributed by atoms with Crippen molar-refractivity contribution in [3.8, 4) is 6.07 Å². The standard InChI is InChI=1S/C13H18N2O4/c14-5-10-1-3-11(4-2-10)12(19)6-15-13(7-16,8-17)9-18/h1-4,12,15-19H,6-9H2. The van der Waals surface area contributed by atoms with E-state index in [-0.39, 0.29) is 6.54 Å². The van der Waals surface area contributed by atoms with Gasteiger partial charge in [-0.2, -0.15) is 5.26 Å². The van der Waals surface area contributed by atoms with E-state index in [0.717, 1.165) is 0 Å². The van der Waals surface area contributed by atoms with E-state index in [1.807, 2.05) is 6.07 Å². The van der Waals surface area contributed by atoms with Crippen LogP contribution in [0.15, 0.2) is 24.3 Å². The Balaban J connectivity index is 2.64. The summed E-state index contributed by atoms with van der Waals surface area (Å²) in [6.45, 7) is -1.27. The number of hydrogen-bond donors (Lipinski definition) is 5. The molecule has 0 fully saturated rings. The second kappa shape index (κ2) is 7.19. The van der Waals surface area contributed by atoms with Crippen LogP contribution in [0.1, 0.15) is 17.2 Å². The molecule has 0 radical (unpaired) electrons. The molecule has 0 heterocycles. The van der Waals surface area contributed by atoms with Crippen LogP contribution in [0.4, 0.5) is 0 Å². The van der Waals surface area contributed by atoms with Crippen molar-refractivity contribution in [3.63, 3.8) is 0 Å². The van der Waals surface area contributed by atoms with E-state index in [9.17, 15) is 5.11 Å². The molecule has 5 N–H and O–H groups in total. The van der Waals surface area contributed by atoms with Gasteiger partial charge in [-0.05, 0) is 17.7 Å². The van der Waals surface area contributed by atoms with E-state index in [1.54, 1.807) is 24.3 Å². The molecule has 104 valence electrons. The zero-order valence-electron chi connectivity index (χ0n) is 10.5. The highest BCUT2D eigenvalue weighted by Crippen LogP contribution is 2.14. The fourth-order valence-corrected chi connectivity index (χ4v) is 1.53.